The summed E-state index contributed by atoms with van der Waals surface area (Å²) in [6, 6.07) is -0.0724. The maximum absolute atomic E-state index is 12.3. The highest BCUT2D eigenvalue weighted by molar-refractivity contribution is 5.24. The van der Waals surface area contributed by atoms with Gasteiger partial charge < -0.3 is 5.11 Å². The minimum absolute atomic E-state index is 0.0140. The van der Waals surface area contributed by atoms with Crippen molar-refractivity contribution >= 4 is 0 Å². The van der Waals surface area contributed by atoms with Crippen LogP contribution in [0.15, 0.2) is 9.59 Å². The number of hydrogen-bond donors (Lipinski definition) is 2. The van der Waals surface area contributed by atoms with Gasteiger partial charge in [0.25, 0.3) is 5.56 Å². The Morgan fingerprint density at radius 1 is 1.30 bits per heavy atom. The molecule has 0 radical (unpaired) electrons. The van der Waals surface area contributed by atoms with Crippen molar-refractivity contribution in [1.29, 1.82) is 0 Å². The van der Waals surface area contributed by atoms with Crippen molar-refractivity contribution < 1.29 is 5.11 Å². The van der Waals surface area contributed by atoms with E-state index >= 15 is 0 Å². The molecule has 0 saturated heterocycles. The van der Waals surface area contributed by atoms with Crippen molar-refractivity contribution in [2.24, 2.45) is 16.7 Å². The number of rotatable bonds is 1. The van der Waals surface area contributed by atoms with E-state index in [1.54, 1.807) is 6.92 Å². The zero-order valence-corrected chi connectivity index (χ0v) is 12.5. The molecular weight excluding hydrogens is 256 g/mol. The fourth-order valence-electron chi connectivity index (χ4n) is 4.79. The second-order valence-electron chi connectivity index (χ2n) is 7.40. The van der Waals surface area contributed by atoms with Gasteiger partial charge in [-0.25, -0.2) is 4.79 Å². The van der Waals surface area contributed by atoms with Crippen LogP contribution in [0.1, 0.15) is 51.6 Å². The second kappa shape index (κ2) is 3.77. The monoisotopic (exact) mass is 278 g/mol. The molecule has 5 heteroatoms. The average Bonchev–Trinajstić information content (AvgIpc) is 2.82. The van der Waals surface area contributed by atoms with Gasteiger partial charge in [0, 0.05) is 0 Å². The van der Waals surface area contributed by atoms with Gasteiger partial charge in [-0.05, 0) is 42.9 Å². The molecule has 0 aliphatic heterocycles. The Morgan fingerprint density at radius 3 is 2.50 bits per heavy atom. The molecule has 1 aromatic heterocycles. The minimum Gasteiger partial charge on any atom is -0.494 e. The molecule has 0 spiro atoms. The zero-order chi connectivity index (χ0) is 14.9. The van der Waals surface area contributed by atoms with E-state index < -0.39 is 11.2 Å². The Balaban J connectivity index is 2.27. The molecule has 3 rings (SSSR count). The summed E-state index contributed by atoms with van der Waals surface area (Å²) in [7, 11) is 0. The van der Waals surface area contributed by atoms with Crippen molar-refractivity contribution in [3.8, 4) is 5.88 Å². The minimum atomic E-state index is -0.505. The van der Waals surface area contributed by atoms with Gasteiger partial charge in [-0.1, -0.05) is 20.8 Å². The van der Waals surface area contributed by atoms with E-state index in [0.29, 0.717) is 5.92 Å². The van der Waals surface area contributed by atoms with Gasteiger partial charge in [0.15, 0.2) is 0 Å². The molecule has 5 nitrogen and oxygen atoms in total. The van der Waals surface area contributed by atoms with Crippen LogP contribution < -0.4 is 11.2 Å². The van der Waals surface area contributed by atoms with Crippen molar-refractivity contribution in [2.75, 3.05) is 0 Å². The first kappa shape index (κ1) is 13.5. The third-order valence-electron chi connectivity index (χ3n) is 5.80. The molecule has 3 atom stereocenters. The summed E-state index contributed by atoms with van der Waals surface area (Å²) in [5, 5.41) is 10.3. The number of hydrogen-bond acceptors (Lipinski definition) is 3. The predicted molar refractivity (Wildman–Crippen MR) is 76.0 cm³/mol. The fraction of sp³-hybridized carbons (Fsp3) is 0.733. The molecule has 2 aliphatic carbocycles. The summed E-state index contributed by atoms with van der Waals surface area (Å²) in [6.45, 7) is 8.07. The number of fused-ring (bicyclic) bond motifs is 2. The van der Waals surface area contributed by atoms with Gasteiger partial charge in [-0.15, -0.1) is 0 Å². The lowest BCUT2D eigenvalue weighted by Gasteiger charge is -2.43. The van der Waals surface area contributed by atoms with E-state index in [2.05, 4.69) is 25.8 Å². The van der Waals surface area contributed by atoms with E-state index in [0.717, 1.165) is 12.8 Å². The van der Waals surface area contributed by atoms with Crippen LogP contribution in [0, 0.1) is 23.7 Å². The summed E-state index contributed by atoms with van der Waals surface area (Å²) >= 11 is 0. The zero-order valence-electron chi connectivity index (χ0n) is 12.5. The lowest BCUT2D eigenvalue weighted by Crippen LogP contribution is -2.44. The summed E-state index contributed by atoms with van der Waals surface area (Å²) in [6.07, 6.45) is 3.32. The van der Waals surface area contributed by atoms with Crippen molar-refractivity contribution in [2.45, 2.75) is 53.0 Å². The van der Waals surface area contributed by atoms with Crippen LogP contribution in [0.25, 0.3) is 0 Å². The largest absolute Gasteiger partial charge is 0.494 e. The Hall–Kier alpha value is -1.52. The summed E-state index contributed by atoms with van der Waals surface area (Å²) in [5.41, 5.74) is -0.828. The first-order valence-corrected chi connectivity index (χ1v) is 7.23. The maximum atomic E-state index is 12.3. The van der Waals surface area contributed by atoms with Gasteiger partial charge in [0.1, 0.15) is 0 Å². The van der Waals surface area contributed by atoms with Crippen LogP contribution in [-0.4, -0.2) is 14.7 Å². The molecular formula is C15H22N2O3. The molecule has 110 valence electrons. The van der Waals surface area contributed by atoms with E-state index in [4.69, 9.17) is 0 Å². The third-order valence-corrected chi connectivity index (χ3v) is 5.80. The molecule has 2 saturated carbocycles. The molecule has 2 bridgehead atoms. The Kier molecular flexibility index (Phi) is 2.54. The Morgan fingerprint density at radius 2 is 1.95 bits per heavy atom. The number of nitrogens with zero attached hydrogens (tertiary/aromatic N) is 1. The molecule has 1 heterocycles. The molecule has 0 amide bonds. The number of aromatic hydroxyl groups is 1. The second-order valence-corrected chi connectivity index (χ2v) is 7.40. The van der Waals surface area contributed by atoms with E-state index in [-0.39, 0.29) is 28.3 Å². The topological polar surface area (TPSA) is 75.1 Å². The SMILES string of the molecule is Cc1c(O)n(C2C3(C)CCC(C3)C2(C)C)c(=O)[nH]c1=O. The normalized spacial score (nSPS) is 34.6. The van der Waals surface area contributed by atoms with Crippen molar-refractivity contribution in [3.05, 3.63) is 26.4 Å². The fourth-order valence-corrected chi connectivity index (χ4v) is 4.79. The van der Waals surface area contributed by atoms with Crippen molar-refractivity contribution in [3.63, 3.8) is 0 Å². The average molecular weight is 278 g/mol. The summed E-state index contributed by atoms with van der Waals surface area (Å²) in [4.78, 5) is 26.2. The first-order chi connectivity index (χ1) is 9.18. The number of H-pyrrole nitrogens is 1. The van der Waals surface area contributed by atoms with Gasteiger partial charge in [-0.3, -0.25) is 14.3 Å². The summed E-state index contributed by atoms with van der Waals surface area (Å²) < 4.78 is 1.43. The molecule has 2 fully saturated rings. The van der Waals surface area contributed by atoms with E-state index in [1.807, 2.05) is 0 Å². The molecule has 2 aliphatic rings. The Labute approximate surface area is 117 Å². The lowest BCUT2D eigenvalue weighted by molar-refractivity contribution is 0.0721. The van der Waals surface area contributed by atoms with E-state index in [1.165, 1.54) is 11.0 Å². The maximum Gasteiger partial charge on any atom is 0.331 e. The van der Waals surface area contributed by atoms with Crippen LogP contribution in [0.3, 0.4) is 0 Å². The molecule has 2 N–H and O–H groups in total. The standard InChI is InChI=1S/C15H22N2O3/c1-8-10(18)16-13(20)17(11(8)19)12-14(2,3)9-5-6-15(12,4)7-9/h9,12,19H,5-7H2,1-4H3,(H,16,18,20). The van der Waals surface area contributed by atoms with Crippen LogP contribution in [0.4, 0.5) is 0 Å². The van der Waals surface area contributed by atoms with Crippen LogP contribution >= 0.6 is 0 Å². The predicted octanol–water partition coefficient (Wildman–Crippen LogP) is 1.94. The smallest absolute Gasteiger partial charge is 0.331 e. The van der Waals surface area contributed by atoms with Gasteiger partial charge >= 0.3 is 5.69 Å². The molecule has 0 aromatic carbocycles. The van der Waals surface area contributed by atoms with Crippen LogP contribution in [-0.2, 0) is 0 Å². The van der Waals surface area contributed by atoms with Gasteiger partial charge in [0.2, 0.25) is 5.88 Å². The summed E-state index contributed by atoms with van der Waals surface area (Å²) in [5.74, 6) is 0.390. The third kappa shape index (κ3) is 1.49. The van der Waals surface area contributed by atoms with Crippen LogP contribution in [0.2, 0.25) is 0 Å². The van der Waals surface area contributed by atoms with Gasteiger partial charge in [-0.2, -0.15) is 0 Å². The van der Waals surface area contributed by atoms with Crippen molar-refractivity contribution in [1.82, 2.24) is 9.55 Å². The van der Waals surface area contributed by atoms with E-state index in [9.17, 15) is 14.7 Å². The molecule has 1 aromatic rings. The first-order valence-electron chi connectivity index (χ1n) is 7.23. The number of aromatic nitrogens is 2. The quantitative estimate of drug-likeness (QED) is 0.824. The highest BCUT2D eigenvalue weighted by Gasteiger charge is 2.60. The Bertz CT molecular complexity index is 681. The molecule has 3 unspecified atom stereocenters. The number of aromatic amines is 1. The highest BCUT2D eigenvalue weighted by atomic mass is 16.3. The molecule has 20 heavy (non-hydrogen) atoms. The lowest BCUT2D eigenvalue weighted by atomic mass is 9.68. The van der Waals surface area contributed by atoms with Crippen LogP contribution in [0.5, 0.6) is 5.88 Å². The number of nitrogens with one attached hydrogen (secondary N) is 1. The highest BCUT2D eigenvalue weighted by Crippen LogP contribution is 2.68. The van der Waals surface area contributed by atoms with Gasteiger partial charge in [0.05, 0.1) is 11.6 Å².